The number of aliphatic hydroxyl groups is 5. The number of hydrogen-bond acceptors (Lipinski definition) is 13. The minimum absolute atomic E-state index is 0.0569. The number of benzene rings is 2. The van der Waals surface area contributed by atoms with Crippen LogP contribution >= 0.6 is 0 Å². The van der Waals surface area contributed by atoms with Crippen LogP contribution in [0.1, 0.15) is 17.2 Å². The summed E-state index contributed by atoms with van der Waals surface area (Å²) in [5, 5.41) is 60.8. The van der Waals surface area contributed by atoms with Crippen LogP contribution in [0.2, 0.25) is 0 Å². The SMILES string of the molecule is COc1cc(CC2COC(c3cc(OC)c(OC4O[C@H](CO)[C@@H](O)[C@H](O)[C@H]4O)c(OC)c3)C2CO)cc(OC)c1O. The monoisotopic (exact) mass is 582 g/mol. The first kappa shape index (κ1) is 30.9. The fourth-order valence-electron chi connectivity index (χ4n) is 5.35. The van der Waals surface area contributed by atoms with E-state index in [1.807, 2.05) is 0 Å². The van der Waals surface area contributed by atoms with Crippen molar-refractivity contribution in [3.8, 4) is 34.5 Å². The third-order valence-electron chi connectivity index (χ3n) is 7.63. The number of aromatic hydroxyl groups is 1. The molecule has 8 atom stereocenters. The molecule has 41 heavy (non-hydrogen) atoms. The summed E-state index contributed by atoms with van der Waals surface area (Å²) in [5.74, 6) is 0.517. The van der Waals surface area contributed by atoms with Crippen molar-refractivity contribution >= 4 is 0 Å². The predicted octanol–water partition coefficient (Wildman–Crippen LogP) is 0.144. The second-order valence-electron chi connectivity index (χ2n) is 9.98. The molecule has 2 aliphatic heterocycles. The highest BCUT2D eigenvalue weighted by molar-refractivity contribution is 5.55. The lowest BCUT2D eigenvalue weighted by molar-refractivity contribution is -0.277. The van der Waals surface area contributed by atoms with Crippen LogP contribution in [0, 0.1) is 11.8 Å². The summed E-state index contributed by atoms with van der Waals surface area (Å²) in [6.45, 7) is -0.435. The molecule has 0 spiro atoms. The summed E-state index contributed by atoms with van der Waals surface area (Å²) in [7, 11) is 5.72. The van der Waals surface area contributed by atoms with Gasteiger partial charge < -0.3 is 63.8 Å². The molecule has 4 rings (SSSR count). The Morgan fingerprint density at radius 3 is 1.88 bits per heavy atom. The van der Waals surface area contributed by atoms with Gasteiger partial charge in [0.1, 0.15) is 24.4 Å². The summed E-state index contributed by atoms with van der Waals surface area (Å²) in [6.07, 6.45) is -7.40. The Bertz CT molecular complexity index is 1120. The molecule has 0 amide bonds. The van der Waals surface area contributed by atoms with E-state index >= 15 is 0 Å². The molecular weight excluding hydrogens is 544 g/mol. The summed E-state index contributed by atoms with van der Waals surface area (Å²) >= 11 is 0. The van der Waals surface area contributed by atoms with Crippen molar-refractivity contribution in [3.63, 3.8) is 0 Å². The van der Waals surface area contributed by atoms with Crippen molar-refractivity contribution in [2.75, 3.05) is 48.3 Å². The second kappa shape index (κ2) is 13.3. The summed E-state index contributed by atoms with van der Waals surface area (Å²) < 4.78 is 39.1. The highest BCUT2D eigenvalue weighted by atomic mass is 16.7. The molecule has 0 aromatic heterocycles. The number of methoxy groups -OCH3 is 4. The van der Waals surface area contributed by atoms with E-state index in [9.17, 15) is 30.6 Å². The number of hydrogen-bond donors (Lipinski definition) is 6. The van der Waals surface area contributed by atoms with Gasteiger partial charge in [0.25, 0.3) is 0 Å². The van der Waals surface area contributed by atoms with Crippen LogP contribution in [0.5, 0.6) is 34.5 Å². The van der Waals surface area contributed by atoms with Gasteiger partial charge in [-0.1, -0.05) is 0 Å². The third kappa shape index (κ3) is 6.11. The van der Waals surface area contributed by atoms with Crippen LogP contribution < -0.4 is 23.7 Å². The number of rotatable bonds is 11. The van der Waals surface area contributed by atoms with Crippen molar-refractivity contribution in [1.29, 1.82) is 0 Å². The van der Waals surface area contributed by atoms with Crippen LogP contribution in [0.4, 0.5) is 0 Å². The quantitative estimate of drug-likeness (QED) is 0.210. The van der Waals surface area contributed by atoms with E-state index in [1.165, 1.54) is 28.4 Å². The Balaban J connectivity index is 1.59. The summed E-state index contributed by atoms with van der Waals surface area (Å²) in [5.41, 5.74) is 1.48. The lowest BCUT2D eigenvalue weighted by Gasteiger charge is -2.39. The van der Waals surface area contributed by atoms with Gasteiger partial charge in [0, 0.05) is 12.5 Å². The number of phenols is 1. The third-order valence-corrected chi connectivity index (χ3v) is 7.63. The molecule has 13 heteroatoms. The Morgan fingerprint density at radius 2 is 1.37 bits per heavy atom. The molecule has 2 aromatic carbocycles. The van der Waals surface area contributed by atoms with Crippen LogP contribution in [0.3, 0.4) is 0 Å². The molecule has 4 unspecified atom stereocenters. The molecule has 6 N–H and O–H groups in total. The highest BCUT2D eigenvalue weighted by Gasteiger charge is 2.45. The average molecular weight is 583 g/mol. The van der Waals surface area contributed by atoms with Gasteiger partial charge in [-0.2, -0.15) is 0 Å². The van der Waals surface area contributed by atoms with E-state index in [0.29, 0.717) is 18.6 Å². The fourth-order valence-corrected chi connectivity index (χ4v) is 5.35. The maximum absolute atomic E-state index is 10.4. The predicted molar refractivity (Wildman–Crippen MR) is 142 cm³/mol. The van der Waals surface area contributed by atoms with Crippen molar-refractivity contribution in [2.24, 2.45) is 11.8 Å². The lowest BCUT2D eigenvalue weighted by atomic mass is 9.84. The van der Waals surface area contributed by atoms with Crippen LogP contribution in [0.15, 0.2) is 24.3 Å². The van der Waals surface area contributed by atoms with Crippen molar-refractivity contribution in [3.05, 3.63) is 35.4 Å². The molecule has 0 radical (unpaired) electrons. The van der Waals surface area contributed by atoms with Crippen LogP contribution in [-0.2, 0) is 15.9 Å². The van der Waals surface area contributed by atoms with Crippen molar-refractivity contribution < 1.29 is 63.8 Å². The van der Waals surface area contributed by atoms with Gasteiger partial charge >= 0.3 is 0 Å². The molecule has 0 saturated carbocycles. The van der Waals surface area contributed by atoms with Gasteiger partial charge in [-0.05, 0) is 47.7 Å². The topological polar surface area (TPSA) is 186 Å². The minimum Gasteiger partial charge on any atom is -0.502 e. The summed E-state index contributed by atoms with van der Waals surface area (Å²) in [4.78, 5) is 0. The molecule has 2 saturated heterocycles. The normalized spacial score (nSPS) is 29.7. The van der Waals surface area contributed by atoms with E-state index < -0.39 is 43.4 Å². The smallest absolute Gasteiger partial charge is 0.229 e. The fraction of sp³-hybridized carbons (Fsp3) is 0.571. The van der Waals surface area contributed by atoms with E-state index in [-0.39, 0.29) is 52.9 Å². The molecule has 13 nitrogen and oxygen atoms in total. The van der Waals surface area contributed by atoms with Gasteiger partial charge in [0.05, 0.1) is 47.8 Å². The van der Waals surface area contributed by atoms with E-state index in [1.54, 1.807) is 24.3 Å². The van der Waals surface area contributed by atoms with Gasteiger partial charge in [0.2, 0.25) is 17.8 Å². The van der Waals surface area contributed by atoms with Gasteiger partial charge in [-0.15, -0.1) is 0 Å². The number of ether oxygens (including phenoxy) is 7. The second-order valence-corrected chi connectivity index (χ2v) is 9.98. The zero-order chi connectivity index (χ0) is 29.8. The van der Waals surface area contributed by atoms with Gasteiger partial charge in [-0.25, -0.2) is 0 Å². The summed E-state index contributed by atoms with van der Waals surface area (Å²) in [6, 6.07) is 6.75. The first-order valence-electron chi connectivity index (χ1n) is 13.1. The largest absolute Gasteiger partial charge is 0.502 e. The standard InChI is InChI=1S/C28H38O13/c1-35-17-6-13(7-18(36-2)22(17)31)5-15-12-39-26(16(15)10-29)14-8-19(37-3)27(20(9-14)38-4)41-28-25(34)24(33)23(32)21(11-30)40-28/h6-9,15-16,21,23-26,28-34H,5,10-12H2,1-4H3/t15?,16?,21-,23-,24+,25-,26?,28?/m1/s1. The van der Waals surface area contributed by atoms with Crippen LogP contribution in [0.25, 0.3) is 0 Å². The molecule has 2 aromatic rings. The lowest BCUT2D eigenvalue weighted by Crippen LogP contribution is -2.60. The zero-order valence-electron chi connectivity index (χ0n) is 23.3. The minimum atomic E-state index is -1.63. The number of aliphatic hydroxyl groups excluding tert-OH is 5. The first-order valence-corrected chi connectivity index (χ1v) is 13.1. The Morgan fingerprint density at radius 1 is 0.780 bits per heavy atom. The van der Waals surface area contributed by atoms with Crippen molar-refractivity contribution in [2.45, 2.75) is 43.2 Å². The Labute approximate surface area is 237 Å². The van der Waals surface area contributed by atoms with E-state index in [0.717, 1.165) is 5.56 Å². The maximum atomic E-state index is 10.4. The molecule has 228 valence electrons. The molecule has 2 fully saturated rings. The Kier molecular flexibility index (Phi) is 10.0. The first-order chi connectivity index (χ1) is 19.7. The van der Waals surface area contributed by atoms with Gasteiger partial charge in [0.15, 0.2) is 23.0 Å². The molecule has 0 bridgehead atoms. The van der Waals surface area contributed by atoms with Gasteiger partial charge in [-0.3, -0.25) is 0 Å². The molecule has 0 aliphatic carbocycles. The van der Waals surface area contributed by atoms with Crippen LogP contribution in [-0.4, -0.2) is 110 Å². The zero-order valence-corrected chi connectivity index (χ0v) is 23.3. The van der Waals surface area contributed by atoms with Crippen molar-refractivity contribution in [1.82, 2.24) is 0 Å². The average Bonchev–Trinajstić information content (AvgIpc) is 3.40. The Hall–Kier alpha value is -3.04. The maximum Gasteiger partial charge on any atom is 0.229 e. The van der Waals surface area contributed by atoms with E-state index in [4.69, 9.17) is 33.2 Å². The van der Waals surface area contributed by atoms with E-state index in [2.05, 4.69) is 0 Å². The molecule has 2 aliphatic rings. The molecule has 2 heterocycles. The highest BCUT2D eigenvalue weighted by Crippen LogP contribution is 2.47. The number of phenolic OH excluding ortho intramolecular Hbond substituents is 1. The molecular formula is C28H38O13.